The van der Waals surface area contributed by atoms with E-state index in [2.05, 4.69) is 5.32 Å². The number of aryl methyl sites for hydroxylation is 1. The number of hydrogen-bond acceptors (Lipinski definition) is 5. The SMILES string of the molecule is COc1cc(/C=C(\C#N)C(=O)Nc2ccc(C)cc2)cc(I)c1OC(=O)c1ccccc1. The highest BCUT2D eigenvalue weighted by molar-refractivity contribution is 14.1. The van der Waals surface area contributed by atoms with Gasteiger partial charge in [0.1, 0.15) is 11.6 Å². The van der Waals surface area contributed by atoms with E-state index >= 15 is 0 Å². The van der Waals surface area contributed by atoms with Crippen LogP contribution in [0.4, 0.5) is 5.69 Å². The first-order valence-electron chi connectivity index (χ1n) is 9.56. The van der Waals surface area contributed by atoms with E-state index in [1.807, 2.05) is 53.8 Å². The molecule has 0 heterocycles. The zero-order valence-electron chi connectivity index (χ0n) is 17.4. The Bertz CT molecular complexity index is 1210. The Hall–Kier alpha value is -3.64. The summed E-state index contributed by atoms with van der Waals surface area (Å²) in [6, 6.07) is 21.1. The highest BCUT2D eigenvalue weighted by Gasteiger charge is 2.17. The second-order valence-electron chi connectivity index (χ2n) is 6.78. The summed E-state index contributed by atoms with van der Waals surface area (Å²) in [5.74, 6) is -0.462. The number of esters is 1. The quantitative estimate of drug-likeness (QED) is 0.150. The van der Waals surface area contributed by atoms with Gasteiger partial charge in [-0.15, -0.1) is 0 Å². The van der Waals surface area contributed by atoms with Gasteiger partial charge in [0.2, 0.25) is 0 Å². The van der Waals surface area contributed by atoms with Crippen molar-refractivity contribution in [2.45, 2.75) is 6.92 Å². The number of halogens is 1. The van der Waals surface area contributed by atoms with Gasteiger partial charge in [-0.3, -0.25) is 4.79 Å². The van der Waals surface area contributed by atoms with Crippen molar-refractivity contribution < 1.29 is 19.1 Å². The summed E-state index contributed by atoms with van der Waals surface area (Å²) >= 11 is 2.02. The second kappa shape index (κ2) is 10.6. The molecule has 3 rings (SSSR count). The van der Waals surface area contributed by atoms with Crippen LogP contribution in [-0.2, 0) is 4.79 Å². The fourth-order valence-corrected chi connectivity index (χ4v) is 3.53. The Kier molecular flexibility index (Phi) is 7.63. The number of carbonyl (C=O) groups excluding carboxylic acids is 2. The lowest BCUT2D eigenvalue weighted by Gasteiger charge is -2.12. The molecule has 0 saturated carbocycles. The number of nitrogens with zero attached hydrogens (tertiary/aromatic N) is 1. The van der Waals surface area contributed by atoms with Gasteiger partial charge in [-0.25, -0.2) is 4.79 Å². The van der Waals surface area contributed by atoms with Crippen molar-refractivity contribution in [1.29, 1.82) is 5.26 Å². The smallest absolute Gasteiger partial charge is 0.343 e. The van der Waals surface area contributed by atoms with Gasteiger partial charge in [-0.2, -0.15) is 5.26 Å². The van der Waals surface area contributed by atoms with E-state index in [0.29, 0.717) is 26.1 Å². The Morgan fingerprint density at radius 3 is 2.38 bits per heavy atom. The fourth-order valence-electron chi connectivity index (χ4n) is 2.80. The maximum atomic E-state index is 12.5. The molecule has 7 heteroatoms. The molecule has 1 amide bonds. The summed E-state index contributed by atoms with van der Waals surface area (Å²) in [4.78, 5) is 25.0. The molecule has 0 aliphatic heterocycles. The minimum atomic E-state index is -0.523. The third-order valence-corrected chi connectivity index (χ3v) is 5.24. The number of nitrogens with one attached hydrogen (secondary N) is 1. The first kappa shape index (κ1) is 23.0. The molecule has 0 spiro atoms. The molecular weight excluding hydrogens is 519 g/mol. The molecule has 1 N–H and O–H groups in total. The summed E-state index contributed by atoms with van der Waals surface area (Å²) < 4.78 is 11.5. The van der Waals surface area contributed by atoms with Gasteiger partial charge in [0.25, 0.3) is 5.91 Å². The van der Waals surface area contributed by atoms with E-state index in [-0.39, 0.29) is 11.3 Å². The molecule has 6 nitrogen and oxygen atoms in total. The normalized spacial score (nSPS) is 10.8. The molecule has 0 radical (unpaired) electrons. The molecule has 32 heavy (non-hydrogen) atoms. The third kappa shape index (κ3) is 5.74. The van der Waals surface area contributed by atoms with Crippen molar-refractivity contribution in [3.05, 3.63) is 92.6 Å². The van der Waals surface area contributed by atoms with Crippen LogP contribution in [0.3, 0.4) is 0 Å². The van der Waals surface area contributed by atoms with Crippen LogP contribution in [0.1, 0.15) is 21.5 Å². The highest BCUT2D eigenvalue weighted by atomic mass is 127. The van der Waals surface area contributed by atoms with Crippen LogP contribution in [-0.4, -0.2) is 19.0 Å². The number of hydrogen-bond donors (Lipinski definition) is 1. The van der Waals surface area contributed by atoms with Gasteiger partial charge < -0.3 is 14.8 Å². The molecule has 0 aliphatic rings. The largest absolute Gasteiger partial charge is 0.493 e. The van der Waals surface area contributed by atoms with Gasteiger partial charge in [0.05, 0.1) is 16.2 Å². The minimum absolute atomic E-state index is 0.0718. The van der Waals surface area contributed by atoms with Crippen LogP contribution in [0, 0.1) is 21.8 Å². The van der Waals surface area contributed by atoms with Gasteiger partial charge >= 0.3 is 5.97 Å². The topological polar surface area (TPSA) is 88.4 Å². The summed E-state index contributed by atoms with van der Waals surface area (Å²) in [7, 11) is 1.45. The molecule has 0 saturated heterocycles. The monoisotopic (exact) mass is 538 g/mol. The number of amides is 1. The zero-order valence-corrected chi connectivity index (χ0v) is 19.5. The van der Waals surface area contributed by atoms with Gasteiger partial charge in [-0.05, 0) is 77.6 Å². The summed E-state index contributed by atoms with van der Waals surface area (Å²) in [6.07, 6.45) is 1.46. The number of carbonyl (C=O) groups is 2. The number of benzene rings is 3. The van der Waals surface area contributed by atoms with Crippen molar-refractivity contribution in [2.24, 2.45) is 0 Å². The van der Waals surface area contributed by atoms with Crippen LogP contribution in [0.2, 0.25) is 0 Å². The number of ether oxygens (including phenoxy) is 2. The summed E-state index contributed by atoms with van der Waals surface area (Å²) in [6.45, 7) is 1.95. The van der Waals surface area contributed by atoms with Gasteiger partial charge in [-0.1, -0.05) is 35.9 Å². The molecule has 0 aliphatic carbocycles. The molecule has 160 valence electrons. The second-order valence-corrected chi connectivity index (χ2v) is 7.94. The first-order chi connectivity index (χ1) is 15.4. The van der Waals surface area contributed by atoms with Gasteiger partial charge in [0, 0.05) is 5.69 Å². The zero-order chi connectivity index (χ0) is 23.1. The maximum Gasteiger partial charge on any atom is 0.343 e. The highest BCUT2D eigenvalue weighted by Crippen LogP contribution is 2.35. The maximum absolute atomic E-state index is 12.5. The van der Waals surface area contributed by atoms with E-state index in [0.717, 1.165) is 5.56 Å². The number of anilines is 1. The van der Waals surface area contributed by atoms with Crippen molar-refractivity contribution in [3.8, 4) is 17.6 Å². The Morgan fingerprint density at radius 1 is 1.06 bits per heavy atom. The number of nitriles is 1. The number of methoxy groups -OCH3 is 1. The lowest BCUT2D eigenvalue weighted by atomic mass is 10.1. The molecule has 0 unspecified atom stereocenters. The summed E-state index contributed by atoms with van der Waals surface area (Å²) in [5, 5.41) is 12.2. The van der Waals surface area contributed by atoms with E-state index in [1.165, 1.54) is 13.2 Å². The molecule has 0 atom stereocenters. The molecule has 0 fully saturated rings. The molecule has 0 bridgehead atoms. The standard InChI is InChI=1S/C25H19IN2O4/c1-16-8-10-20(11-9-16)28-24(29)19(15-27)12-17-13-21(26)23(22(14-17)31-2)32-25(30)18-6-4-3-5-7-18/h3-14H,1-2H3,(H,28,29)/b19-12+. The Balaban J connectivity index is 1.85. The lowest BCUT2D eigenvalue weighted by molar-refractivity contribution is -0.112. The van der Waals surface area contributed by atoms with Crippen molar-refractivity contribution in [3.63, 3.8) is 0 Å². The summed E-state index contributed by atoms with van der Waals surface area (Å²) in [5.41, 5.74) is 2.55. The van der Waals surface area contributed by atoms with Crippen LogP contribution in [0.5, 0.6) is 11.5 Å². The molecule has 3 aromatic carbocycles. The van der Waals surface area contributed by atoms with E-state index in [4.69, 9.17) is 9.47 Å². The predicted octanol–water partition coefficient (Wildman–Crippen LogP) is 5.37. The Labute approximate surface area is 199 Å². The first-order valence-corrected chi connectivity index (χ1v) is 10.6. The number of rotatable bonds is 6. The molecule has 3 aromatic rings. The Morgan fingerprint density at radius 2 is 1.75 bits per heavy atom. The van der Waals surface area contributed by atoms with Crippen LogP contribution < -0.4 is 14.8 Å². The minimum Gasteiger partial charge on any atom is -0.493 e. The average molecular weight is 538 g/mol. The molecule has 0 aromatic heterocycles. The van der Waals surface area contributed by atoms with Crippen LogP contribution in [0.15, 0.2) is 72.3 Å². The third-order valence-electron chi connectivity index (χ3n) is 4.44. The van der Waals surface area contributed by atoms with E-state index in [9.17, 15) is 14.9 Å². The van der Waals surface area contributed by atoms with Crippen LogP contribution in [0.25, 0.3) is 6.08 Å². The van der Waals surface area contributed by atoms with E-state index in [1.54, 1.807) is 48.5 Å². The van der Waals surface area contributed by atoms with Crippen molar-refractivity contribution in [1.82, 2.24) is 0 Å². The molecular formula is C25H19IN2O4. The van der Waals surface area contributed by atoms with Crippen molar-refractivity contribution >= 4 is 46.2 Å². The lowest BCUT2D eigenvalue weighted by Crippen LogP contribution is -2.13. The van der Waals surface area contributed by atoms with Crippen molar-refractivity contribution in [2.75, 3.05) is 12.4 Å². The van der Waals surface area contributed by atoms with E-state index < -0.39 is 11.9 Å². The predicted molar refractivity (Wildman–Crippen MR) is 131 cm³/mol. The van der Waals surface area contributed by atoms with Crippen LogP contribution >= 0.6 is 22.6 Å². The average Bonchev–Trinajstić information content (AvgIpc) is 2.80. The fraction of sp³-hybridized carbons (Fsp3) is 0.0800. The van der Waals surface area contributed by atoms with Gasteiger partial charge in [0.15, 0.2) is 11.5 Å².